The Kier molecular flexibility index (Phi) is 22.4. The Balaban J connectivity index is 2.40. The van der Waals surface area contributed by atoms with Crippen LogP contribution in [0.2, 0.25) is 0 Å². The number of guanidine groups is 1. The summed E-state index contributed by atoms with van der Waals surface area (Å²) in [4.78, 5) is 97.3. The number of amides is 7. The Morgan fingerprint density at radius 1 is 0.583 bits per heavy atom. The van der Waals surface area contributed by atoms with E-state index >= 15 is 0 Å². The second kappa shape index (κ2) is 26.8. The molecule has 0 unspecified atom stereocenters. The summed E-state index contributed by atoms with van der Waals surface area (Å²) in [5.41, 5.74) is 29.1. The van der Waals surface area contributed by atoms with Crippen molar-refractivity contribution in [3.63, 3.8) is 0 Å². The van der Waals surface area contributed by atoms with Crippen LogP contribution in [0.15, 0.2) is 65.7 Å². The first-order chi connectivity index (χ1) is 28.6. The molecule has 2 aromatic carbocycles. The van der Waals surface area contributed by atoms with Crippen LogP contribution in [0.5, 0.6) is 0 Å². The Hall–Kier alpha value is -6.08. The molecule has 0 spiro atoms. The molecule has 0 aliphatic heterocycles. The van der Waals surface area contributed by atoms with Gasteiger partial charge in [-0.1, -0.05) is 80.9 Å². The summed E-state index contributed by atoms with van der Waals surface area (Å²) in [6.07, 6.45) is 2.10. The number of unbranched alkanes of at least 4 members (excludes halogenated alkanes) is 1. The molecule has 19 nitrogen and oxygen atoms in total. The number of carbonyl (C=O) groups excluding carboxylic acids is 7. The van der Waals surface area contributed by atoms with Crippen LogP contribution in [0.4, 0.5) is 0 Å². The molecule has 0 saturated heterocycles. The fraction of sp³-hybridized carbons (Fsp3) is 0.512. The van der Waals surface area contributed by atoms with E-state index in [1.165, 1.54) is 6.92 Å². The molecule has 2 aromatic rings. The molecule has 0 aliphatic carbocycles. The molecule has 19 heteroatoms. The van der Waals surface area contributed by atoms with Crippen molar-refractivity contribution in [1.29, 1.82) is 0 Å². The highest BCUT2D eigenvalue weighted by Gasteiger charge is 2.34. The van der Waals surface area contributed by atoms with Crippen molar-refractivity contribution in [1.82, 2.24) is 31.9 Å². The summed E-state index contributed by atoms with van der Waals surface area (Å²) in [5, 5.41) is 16.1. The number of nitrogens with one attached hydrogen (secondary N) is 6. The zero-order chi connectivity index (χ0) is 44.6. The quantitative estimate of drug-likeness (QED) is 0.0268. The van der Waals surface area contributed by atoms with Gasteiger partial charge in [0.05, 0.1) is 6.54 Å². The van der Waals surface area contributed by atoms with Gasteiger partial charge < -0.3 is 60.6 Å². The van der Waals surface area contributed by atoms with Gasteiger partial charge in [0.15, 0.2) is 5.96 Å². The van der Waals surface area contributed by atoms with E-state index in [4.69, 9.17) is 28.7 Å². The van der Waals surface area contributed by atoms with Crippen molar-refractivity contribution in [2.45, 2.75) is 108 Å². The lowest BCUT2D eigenvalue weighted by molar-refractivity contribution is -0.136. The smallest absolute Gasteiger partial charge is 0.243 e. The summed E-state index contributed by atoms with van der Waals surface area (Å²) >= 11 is 0. The van der Waals surface area contributed by atoms with Crippen molar-refractivity contribution in [2.24, 2.45) is 39.6 Å². The maximum Gasteiger partial charge on any atom is 0.243 e. The van der Waals surface area contributed by atoms with E-state index in [0.29, 0.717) is 31.4 Å². The van der Waals surface area contributed by atoms with Crippen molar-refractivity contribution in [3.8, 4) is 0 Å². The molecule has 0 heterocycles. The number of carbonyl (C=O) groups is 7. The van der Waals surface area contributed by atoms with Gasteiger partial charge in [0.25, 0.3) is 0 Å². The van der Waals surface area contributed by atoms with E-state index in [-0.39, 0.29) is 51.2 Å². The molecule has 0 fully saturated rings. The predicted molar refractivity (Wildman–Crippen MR) is 228 cm³/mol. The van der Waals surface area contributed by atoms with Crippen LogP contribution in [0.1, 0.15) is 70.4 Å². The van der Waals surface area contributed by atoms with Gasteiger partial charge in [-0.05, 0) is 62.6 Å². The van der Waals surface area contributed by atoms with E-state index in [9.17, 15) is 33.6 Å². The third-order valence-corrected chi connectivity index (χ3v) is 9.77. The average Bonchev–Trinajstić information content (AvgIpc) is 3.22. The molecule has 60 heavy (non-hydrogen) atoms. The number of hydrogen-bond donors (Lipinski definition) is 11. The number of primary amides is 1. The fourth-order valence-corrected chi connectivity index (χ4v) is 6.09. The maximum absolute atomic E-state index is 14.2. The fourth-order valence-electron chi connectivity index (χ4n) is 6.09. The lowest BCUT2D eigenvalue weighted by Crippen LogP contribution is -2.61. The molecule has 2 rings (SSSR count). The SMILES string of the molecule is CC[C@H](C)[C@H](NC(=O)[C@H](Cc1ccccc1)NC(=O)[C@H](CCCCN)NC(=O)[C@H](C)NC(=O)CN)C(=O)N[C@@H](CCCN=C(N)N)C(=O)N[C@@H](Cc1ccccc1)C(N)=O. The van der Waals surface area contributed by atoms with E-state index in [1.807, 2.05) is 13.0 Å². The minimum Gasteiger partial charge on any atom is -0.370 e. The Labute approximate surface area is 351 Å². The summed E-state index contributed by atoms with van der Waals surface area (Å²) in [6.45, 7) is 5.18. The number of hydrogen-bond acceptors (Lipinski definition) is 10. The first-order valence-corrected chi connectivity index (χ1v) is 20.2. The largest absolute Gasteiger partial charge is 0.370 e. The minimum absolute atomic E-state index is 0.0193. The number of nitrogens with two attached hydrogens (primary N) is 5. The predicted octanol–water partition coefficient (Wildman–Crippen LogP) is -1.93. The van der Waals surface area contributed by atoms with Gasteiger partial charge >= 0.3 is 0 Å². The Morgan fingerprint density at radius 3 is 1.57 bits per heavy atom. The summed E-state index contributed by atoms with van der Waals surface area (Å²) in [6, 6.07) is 11.0. The van der Waals surface area contributed by atoms with Gasteiger partial charge in [0.2, 0.25) is 41.4 Å². The van der Waals surface area contributed by atoms with Crippen LogP contribution in [0, 0.1) is 5.92 Å². The zero-order valence-electron chi connectivity index (χ0n) is 34.8. The average molecular weight is 837 g/mol. The second-order valence-corrected chi connectivity index (χ2v) is 14.6. The van der Waals surface area contributed by atoms with Crippen molar-refractivity contribution in [2.75, 3.05) is 19.6 Å². The number of nitrogens with zero attached hydrogens (tertiary/aromatic N) is 1. The van der Waals surface area contributed by atoms with Crippen molar-refractivity contribution >= 4 is 47.3 Å². The third kappa shape index (κ3) is 18.2. The van der Waals surface area contributed by atoms with Gasteiger partial charge in [0.1, 0.15) is 36.3 Å². The Morgan fingerprint density at radius 2 is 1.07 bits per heavy atom. The lowest BCUT2D eigenvalue weighted by Gasteiger charge is -2.29. The second-order valence-electron chi connectivity index (χ2n) is 14.6. The van der Waals surface area contributed by atoms with Gasteiger partial charge in [-0.25, -0.2) is 0 Å². The highest BCUT2D eigenvalue weighted by atomic mass is 16.2. The van der Waals surface area contributed by atoms with Crippen LogP contribution in [0.25, 0.3) is 0 Å². The first-order valence-electron chi connectivity index (χ1n) is 20.2. The number of rotatable bonds is 27. The first kappa shape index (κ1) is 50.1. The molecule has 0 aromatic heterocycles. The topological polar surface area (TPSA) is 334 Å². The highest BCUT2D eigenvalue weighted by molar-refractivity contribution is 5.97. The molecule has 7 amide bonds. The zero-order valence-corrected chi connectivity index (χ0v) is 34.8. The molecule has 0 aliphatic rings. The number of benzene rings is 2. The van der Waals surface area contributed by atoms with Crippen LogP contribution in [0.3, 0.4) is 0 Å². The monoisotopic (exact) mass is 837 g/mol. The normalized spacial score (nSPS) is 14.3. The Bertz CT molecular complexity index is 1730. The van der Waals surface area contributed by atoms with Crippen LogP contribution < -0.4 is 60.6 Å². The van der Waals surface area contributed by atoms with Gasteiger partial charge in [-0.3, -0.25) is 38.6 Å². The lowest BCUT2D eigenvalue weighted by atomic mass is 9.96. The minimum atomic E-state index is -1.23. The van der Waals surface area contributed by atoms with E-state index in [2.05, 4.69) is 36.9 Å². The van der Waals surface area contributed by atoms with E-state index < -0.39 is 83.5 Å². The van der Waals surface area contributed by atoms with Gasteiger partial charge in [0, 0.05) is 19.4 Å². The molecule has 330 valence electrons. The molecule has 0 bridgehead atoms. The summed E-state index contributed by atoms with van der Waals surface area (Å²) in [7, 11) is 0. The van der Waals surface area contributed by atoms with Crippen LogP contribution >= 0.6 is 0 Å². The van der Waals surface area contributed by atoms with Gasteiger partial charge in [-0.2, -0.15) is 0 Å². The molecule has 0 radical (unpaired) electrons. The maximum atomic E-state index is 14.2. The van der Waals surface area contributed by atoms with E-state index in [1.54, 1.807) is 61.5 Å². The molecule has 0 saturated carbocycles. The third-order valence-electron chi connectivity index (χ3n) is 9.77. The van der Waals surface area contributed by atoms with Crippen molar-refractivity contribution < 1.29 is 33.6 Å². The molecular formula is C41H64N12O7. The van der Waals surface area contributed by atoms with Crippen LogP contribution in [-0.4, -0.2) is 103 Å². The summed E-state index contributed by atoms with van der Waals surface area (Å²) < 4.78 is 0. The van der Waals surface area contributed by atoms with E-state index in [0.717, 1.165) is 5.56 Å². The van der Waals surface area contributed by atoms with Crippen LogP contribution in [-0.2, 0) is 46.4 Å². The van der Waals surface area contributed by atoms with Gasteiger partial charge in [-0.15, -0.1) is 0 Å². The summed E-state index contributed by atoms with van der Waals surface area (Å²) in [5.74, 6) is -5.33. The highest BCUT2D eigenvalue weighted by Crippen LogP contribution is 2.13. The molecular weight excluding hydrogens is 773 g/mol. The van der Waals surface area contributed by atoms with Crippen molar-refractivity contribution in [3.05, 3.63) is 71.8 Å². The molecule has 7 atom stereocenters. The molecule has 16 N–H and O–H groups in total. The number of aliphatic imine (C=N–C) groups is 1. The standard InChI is InChI=1S/C41H64N12O7/c1-4-25(2)34(40(60)50-30(19-13-21-47-41(45)46)37(57)51-31(35(44)55)22-27-14-7-5-8-15-27)53-39(59)32(23-28-16-9-6-10-17-28)52-38(58)29(18-11-12-20-42)49-36(56)26(3)48-33(54)24-43/h5-10,14-17,25-26,29-32,34H,4,11-13,18-24,42-43H2,1-3H3,(H2,44,55)(H,48,54)(H,49,56)(H,50,60)(H,51,57)(H,52,58)(H,53,59)(H4,45,46,47)/t25-,26-,29-,30-,31-,32-,34-/m0/s1.